The van der Waals surface area contributed by atoms with E-state index >= 15 is 0 Å². The van der Waals surface area contributed by atoms with Crippen molar-refractivity contribution in [2.24, 2.45) is 0 Å². The summed E-state index contributed by atoms with van der Waals surface area (Å²) in [5.74, 6) is -1.44. The van der Waals surface area contributed by atoms with Crippen LogP contribution in [0, 0.1) is 0 Å². The number of rotatable bonds is 6. The molecule has 0 aromatic rings. The Kier molecular flexibility index (Phi) is 6.86. The number of amides is 3. The molecule has 0 aliphatic carbocycles. The molecule has 4 N–H and O–H groups in total. The number of imide groups is 1. The molecule has 0 rings (SSSR count). The van der Waals surface area contributed by atoms with Crippen molar-refractivity contribution in [3.63, 3.8) is 0 Å². The molecule has 0 saturated carbocycles. The molecule has 0 aliphatic rings. The highest BCUT2D eigenvalue weighted by Gasteiger charge is 2.07. The molecule has 16 heavy (non-hydrogen) atoms. The lowest BCUT2D eigenvalue weighted by molar-refractivity contribution is -0.137. The van der Waals surface area contributed by atoms with Gasteiger partial charge in [0.2, 0.25) is 5.91 Å². The maximum Gasteiger partial charge on any atom is 0.321 e. The topological polar surface area (TPSA) is 108 Å². The van der Waals surface area contributed by atoms with Gasteiger partial charge in [0, 0.05) is 12.6 Å². The van der Waals surface area contributed by atoms with E-state index in [2.05, 4.69) is 16.0 Å². The van der Waals surface area contributed by atoms with E-state index in [-0.39, 0.29) is 25.6 Å². The summed E-state index contributed by atoms with van der Waals surface area (Å²) in [6, 6.07) is -0.604. The normalized spacial score (nSPS) is 9.94. The number of aliphatic carboxylic acids is 1. The second-order valence-electron chi connectivity index (χ2n) is 3.50. The minimum atomic E-state index is -0.939. The number of carbonyl (C=O) groups is 3. The minimum Gasteiger partial charge on any atom is -0.481 e. The summed E-state index contributed by atoms with van der Waals surface area (Å²) < 4.78 is 0. The fourth-order valence-electron chi connectivity index (χ4n) is 0.866. The first-order valence-electron chi connectivity index (χ1n) is 4.94. The second-order valence-corrected chi connectivity index (χ2v) is 3.50. The molecule has 0 aromatic carbocycles. The van der Waals surface area contributed by atoms with Crippen LogP contribution in [-0.4, -0.2) is 42.1 Å². The molecule has 0 saturated heterocycles. The Morgan fingerprint density at radius 1 is 1.25 bits per heavy atom. The zero-order valence-electron chi connectivity index (χ0n) is 9.37. The summed E-state index contributed by atoms with van der Waals surface area (Å²) in [5.41, 5.74) is 0. The molecule has 3 amide bonds. The lowest BCUT2D eigenvalue weighted by atomic mass is 10.4. The summed E-state index contributed by atoms with van der Waals surface area (Å²) in [7, 11) is 0. The van der Waals surface area contributed by atoms with Gasteiger partial charge in [0.1, 0.15) is 0 Å². The highest BCUT2D eigenvalue weighted by molar-refractivity contribution is 5.95. The Hall–Kier alpha value is -1.63. The van der Waals surface area contributed by atoms with Gasteiger partial charge in [-0.2, -0.15) is 0 Å². The largest absolute Gasteiger partial charge is 0.481 e. The lowest BCUT2D eigenvalue weighted by Crippen LogP contribution is -2.45. The van der Waals surface area contributed by atoms with Gasteiger partial charge >= 0.3 is 12.0 Å². The van der Waals surface area contributed by atoms with Crippen LogP contribution in [-0.2, 0) is 9.59 Å². The van der Waals surface area contributed by atoms with Gasteiger partial charge in [-0.1, -0.05) is 0 Å². The Morgan fingerprint density at radius 3 is 2.38 bits per heavy atom. The van der Waals surface area contributed by atoms with Crippen molar-refractivity contribution < 1.29 is 19.5 Å². The molecule has 92 valence electrons. The third-order valence-electron chi connectivity index (χ3n) is 1.47. The van der Waals surface area contributed by atoms with Crippen LogP contribution in [0.5, 0.6) is 0 Å². The van der Waals surface area contributed by atoms with Gasteiger partial charge in [-0.3, -0.25) is 14.9 Å². The van der Waals surface area contributed by atoms with Gasteiger partial charge in [-0.25, -0.2) is 4.79 Å². The second kappa shape index (κ2) is 7.63. The Labute approximate surface area is 93.6 Å². The third kappa shape index (κ3) is 8.95. The van der Waals surface area contributed by atoms with Gasteiger partial charge in [0.15, 0.2) is 0 Å². The summed E-state index contributed by atoms with van der Waals surface area (Å²) in [6.45, 7) is 3.65. The highest BCUT2D eigenvalue weighted by atomic mass is 16.4. The Morgan fingerprint density at radius 2 is 1.88 bits per heavy atom. The molecule has 0 bridgehead atoms. The van der Waals surface area contributed by atoms with Crippen molar-refractivity contribution in [1.82, 2.24) is 16.0 Å². The predicted molar refractivity (Wildman–Crippen MR) is 56.9 cm³/mol. The average molecular weight is 231 g/mol. The van der Waals surface area contributed by atoms with Gasteiger partial charge in [0.25, 0.3) is 0 Å². The minimum absolute atomic E-state index is 0.0484. The summed E-state index contributed by atoms with van der Waals surface area (Å²) >= 11 is 0. The highest BCUT2D eigenvalue weighted by Crippen LogP contribution is 1.77. The maximum absolute atomic E-state index is 11.1. The maximum atomic E-state index is 11.1. The van der Waals surface area contributed by atoms with Crippen LogP contribution in [0.1, 0.15) is 20.3 Å². The molecule has 0 spiro atoms. The molecule has 0 fully saturated rings. The summed E-state index contributed by atoms with van der Waals surface area (Å²) in [5, 5.41) is 15.5. The fourth-order valence-corrected chi connectivity index (χ4v) is 0.866. The Bertz CT molecular complexity index is 265. The van der Waals surface area contributed by atoms with E-state index in [0.717, 1.165) is 0 Å². The molecule has 0 aromatic heterocycles. The number of hydrogen-bond acceptors (Lipinski definition) is 4. The van der Waals surface area contributed by atoms with Crippen molar-refractivity contribution >= 4 is 17.9 Å². The number of hydrogen-bond donors (Lipinski definition) is 4. The zero-order valence-corrected chi connectivity index (χ0v) is 9.37. The van der Waals surface area contributed by atoms with Gasteiger partial charge < -0.3 is 15.7 Å². The quantitative estimate of drug-likeness (QED) is 0.451. The van der Waals surface area contributed by atoms with E-state index in [1.165, 1.54) is 0 Å². The molecular weight excluding hydrogens is 214 g/mol. The van der Waals surface area contributed by atoms with Gasteiger partial charge in [-0.05, 0) is 13.8 Å². The SMILES string of the molecule is CC(C)NC(=O)NC(=O)CNCCC(=O)O. The van der Waals surface area contributed by atoms with Crippen molar-refractivity contribution in [3.05, 3.63) is 0 Å². The number of carboxylic acid groups (broad SMARTS) is 1. The van der Waals surface area contributed by atoms with Crippen LogP contribution in [0.15, 0.2) is 0 Å². The van der Waals surface area contributed by atoms with E-state index in [1.54, 1.807) is 13.8 Å². The first-order chi connectivity index (χ1) is 7.41. The number of urea groups is 1. The Balaban J connectivity index is 3.58. The molecular formula is C9H17N3O4. The molecule has 0 radical (unpaired) electrons. The van der Waals surface area contributed by atoms with Crippen molar-refractivity contribution in [1.29, 1.82) is 0 Å². The first kappa shape index (κ1) is 14.4. The van der Waals surface area contributed by atoms with E-state index in [9.17, 15) is 14.4 Å². The van der Waals surface area contributed by atoms with E-state index in [4.69, 9.17) is 5.11 Å². The first-order valence-corrected chi connectivity index (χ1v) is 4.94. The van der Waals surface area contributed by atoms with Crippen LogP contribution in [0.3, 0.4) is 0 Å². The third-order valence-corrected chi connectivity index (χ3v) is 1.47. The number of carbonyl (C=O) groups excluding carboxylic acids is 2. The van der Waals surface area contributed by atoms with E-state index < -0.39 is 17.9 Å². The van der Waals surface area contributed by atoms with Crippen LogP contribution >= 0.6 is 0 Å². The smallest absolute Gasteiger partial charge is 0.321 e. The van der Waals surface area contributed by atoms with E-state index in [1.807, 2.05) is 0 Å². The summed E-state index contributed by atoms with van der Waals surface area (Å²) in [6.07, 6.45) is -0.0640. The van der Waals surface area contributed by atoms with Crippen molar-refractivity contribution in [2.75, 3.05) is 13.1 Å². The number of nitrogens with one attached hydrogen (secondary N) is 3. The van der Waals surface area contributed by atoms with Crippen LogP contribution in [0.2, 0.25) is 0 Å². The molecule has 0 atom stereocenters. The monoisotopic (exact) mass is 231 g/mol. The molecule has 7 heteroatoms. The standard InChI is InChI=1S/C9H17N3O4/c1-6(2)11-9(16)12-7(13)5-10-4-3-8(14)15/h6,10H,3-5H2,1-2H3,(H,14,15)(H2,11,12,13,16). The zero-order chi connectivity index (χ0) is 12.6. The van der Waals surface area contributed by atoms with Gasteiger partial charge in [0.05, 0.1) is 13.0 Å². The van der Waals surface area contributed by atoms with Crippen LogP contribution < -0.4 is 16.0 Å². The van der Waals surface area contributed by atoms with Crippen molar-refractivity contribution in [2.45, 2.75) is 26.3 Å². The average Bonchev–Trinajstić information content (AvgIpc) is 2.10. The summed E-state index contributed by atoms with van der Waals surface area (Å²) in [4.78, 5) is 32.3. The fraction of sp³-hybridized carbons (Fsp3) is 0.667. The van der Waals surface area contributed by atoms with Crippen LogP contribution in [0.25, 0.3) is 0 Å². The molecule has 0 heterocycles. The predicted octanol–water partition coefficient (Wildman–Crippen LogP) is -0.715. The van der Waals surface area contributed by atoms with Crippen LogP contribution in [0.4, 0.5) is 4.79 Å². The van der Waals surface area contributed by atoms with Crippen molar-refractivity contribution in [3.8, 4) is 0 Å². The number of carboxylic acids is 1. The molecule has 0 unspecified atom stereocenters. The lowest BCUT2D eigenvalue weighted by Gasteiger charge is -2.09. The molecule has 0 aliphatic heterocycles. The molecule has 7 nitrogen and oxygen atoms in total. The van der Waals surface area contributed by atoms with E-state index in [0.29, 0.717) is 0 Å². The van der Waals surface area contributed by atoms with Gasteiger partial charge in [-0.15, -0.1) is 0 Å².